The number of rotatable bonds is 6. The van der Waals surface area contributed by atoms with Gasteiger partial charge in [0.15, 0.2) is 0 Å². The monoisotopic (exact) mass is 296 g/mol. The zero-order valence-corrected chi connectivity index (χ0v) is 14.6. The van der Waals surface area contributed by atoms with E-state index in [0.717, 1.165) is 31.7 Å². The Hall–Kier alpha value is -0.120. The molecule has 1 heterocycles. The summed E-state index contributed by atoms with van der Waals surface area (Å²) in [5.41, 5.74) is 0.528. The second-order valence-electron chi connectivity index (χ2n) is 7.92. The van der Waals surface area contributed by atoms with Crippen LogP contribution >= 0.6 is 0 Å². The van der Waals surface area contributed by atoms with E-state index in [1.54, 1.807) is 0 Å². The molecule has 2 atom stereocenters. The van der Waals surface area contributed by atoms with Crippen LogP contribution in [0.25, 0.3) is 0 Å². The van der Waals surface area contributed by atoms with Crippen molar-refractivity contribution in [3.05, 3.63) is 0 Å². The molecule has 0 amide bonds. The molecular weight excluding hydrogens is 260 g/mol. The van der Waals surface area contributed by atoms with Crippen LogP contribution in [0.4, 0.5) is 0 Å². The maximum absolute atomic E-state index is 5.55. The second-order valence-corrected chi connectivity index (χ2v) is 7.92. The molecule has 0 aromatic carbocycles. The zero-order valence-electron chi connectivity index (χ0n) is 14.6. The Morgan fingerprint density at radius 3 is 2.52 bits per heavy atom. The summed E-state index contributed by atoms with van der Waals surface area (Å²) in [7, 11) is 0. The fraction of sp³-hybridized carbons (Fsp3) is 1.00. The number of hydrogen-bond acceptors (Lipinski definition) is 3. The first kappa shape index (κ1) is 17.2. The van der Waals surface area contributed by atoms with Crippen LogP contribution in [0.1, 0.15) is 66.2 Å². The van der Waals surface area contributed by atoms with Crippen LogP contribution in [0.3, 0.4) is 0 Å². The highest BCUT2D eigenvalue weighted by molar-refractivity contribution is 4.86. The van der Waals surface area contributed by atoms with Crippen LogP contribution in [-0.4, -0.2) is 37.9 Å². The molecule has 0 aromatic rings. The Morgan fingerprint density at radius 2 is 1.95 bits per heavy atom. The predicted octanol–water partition coefficient (Wildman–Crippen LogP) is 3.34. The fourth-order valence-electron chi connectivity index (χ4n) is 4.00. The smallest absolute Gasteiger partial charge is 0.0620 e. The highest BCUT2D eigenvalue weighted by Crippen LogP contribution is 2.40. The minimum atomic E-state index is 0.528. The molecule has 124 valence electrons. The van der Waals surface area contributed by atoms with Gasteiger partial charge < -0.3 is 15.4 Å². The Morgan fingerprint density at radius 1 is 1.24 bits per heavy atom. The number of nitrogens with one attached hydrogen (secondary N) is 2. The summed E-state index contributed by atoms with van der Waals surface area (Å²) in [6.45, 7) is 12.3. The Balaban J connectivity index is 1.68. The quantitative estimate of drug-likeness (QED) is 0.789. The van der Waals surface area contributed by atoms with E-state index in [9.17, 15) is 0 Å². The molecule has 2 N–H and O–H groups in total. The minimum absolute atomic E-state index is 0.528. The molecule has 3 nitrogen and oxygen atoms in total. The molecule has 2 aliphatic rings. The first-order valence-corrected chi connectivity index (χ1v) is 9.08. The second kappa shape index (κ2) is 7.94. The maximum atomic E-state index is 5.55. The van der Waals surface area contributed by atoms with Crippen molar-refractivity contribution >= 4 is 0 Å². The van der Waals surface area contributed by atoms with Gasteiger partial charge in [0.05, 0.1) is 13.2 Å². The summed E-state index contributed by atoms with van der Waals surface area (Å²) < 4.78 is 5.55. The summed E-state index contributed by atoms with van der Waals surface area (Å²) in [5.74, 6) is 0.921. The van der Waals surface area contributed by atoms with E-state index in [-0.39, 0.29) is 0 Å². The highest BCUT2D eigenvalue weighted by Gasteiger charge is 2.32. The van der Waals surface area contributed by atoms with Crippen LogP contribution in [-0.2, 0) is 4.74 Å². The Bertz CT molecular complexity index is 292. The van der Waals surface area contributed by atoms with E-state index in [2.05, 4.69) is 38.3 Å². The van der Waals surface area contributed by atoms with Gasteiger partial charge in [0.1, 0.15) is 0 Å². The summed E-state index contributed by atoms with van der Waals surface area (Å²) in [5, 5.41) is 7.42. The largest absolute Gasteiger partial charge is 0.379 e. The lowest BCUT2D eigenvalue weighted by molar-refractivity contribution is 0.0697. The van der Waals surface area contributed by atoms with Crippen LogP contribution in [0, 0.1) is 11.3 Å². The van der Waals surface area contributed by atoms with Crippen molar-refractivity contribution in [3.8, 4) is 0 Å². The molecule has 0 aromatic heterocycles. The van der Waals surface area contributed by atoms with Gasteiger partial charge in [-0.25, -0.2) is 0 Å². The predicted molar refractivity (Wildman–Crippen MR) is 89.6 cm³/mol. The fourth-order valence-corrected chi connectivity index (χ4v) is 4.00. The van der Waals surface area contributed by atoms with Crippen molar-refractivity contribution in [2.45, 2.75) is 84.3 Å². The minimum Gasteiger partial charge on any atom is -0.379 e. The lowest BCUT2D eigenvalue weighted by Gasteiger charge is -2.40. The maximum Gasteiger partial charge on any atom is 0.0620 e. The number of morpholine rings is 1. The molecule has 21 heavy (non-hydrogen) atoms. The van der Waals surface area contributed by atoms with Gasteiger partial charge in [-0.2, -0.15) is 0 Å². The molecule has 2 unspecified atom stereocenters. The molecular formula is C18H36N2O. The van der Waals surface area contributed by atoms with Crippen molar-refractivity contribution < 1.29 is 4.74 Å². The van der Waals surface area contributed by atoms with Gasteiger partial charge in [-0.05, 0) is 50.4 Å². The highest BCUT2D eigenvalue weighted by atomic mass is 16.5. The zero-order chi connectivity index (χ0) is 15.3. The molecule has 0 spiro atoms. The van der Waals surface area contributed by atoms with Crippen LogP contribution in [0.5, 0.6) is 0 Å². The van der Waals surface area contributed by atoms with Crippen molar-refractivity contribution in [2.24, 2.45) is 11.3 Å². The van der Waals surface area contributed by atoms with Crippen LogP contribution < -0.4 is 10.6 Å². The standard InChI is InChI=1S/C18H36N2O/c1-5-18(3,4)15-6-8-16(9-7-15)20-14(2)12-17-13-21-11-10-19-17/h14-17,19-20H,5-13H2,1-4H3. The summed E-state index contributed by atoms with van der Waals surface area (Å²) >= 11 is 0. The first-order chi connectivity index (χ1) is 10.0. The van der Waals surface area contributed by atoms with Gasteiger partial charge in [-0.15, -0.1) is 0 Å². The lowest BCUT2D eigenvalue weighted by atomic mass is 9.69. The molecule has 0 radical (unpaired) electrons. The van der Waals surface area contributed by atoms with Gasteiger partial charge in [-0.3, -0.25) is 0 Å². The third kappa shape index (κ3) is 5.22. The van der Waals surface area contributed by atoms with E-state index in [0.29, 0.717) is 17.5 Å². The summed E-state index contributed by atoms with van der Waals surface area (Å²) in [4.78, 5) is 0. The number of ether oxygens (including phenoxy) is 1. The molecule has 1 aliphatic carbocycles. The average Bonchev–Trinajstić information content (AvgIpc) is 2.48. The third-order valence-electron chi connectivity index (χ3n) is 5.90. The Labute approximate surface area is 131 Å². The molecule has 1 saturated heterocycles. The van der Waals surface area contributed by atoms with E-state index >= 15 is 0 Å². The SMILES string of the molecule is CCC(C)(C)C1CCC(NC(C)CC2COCCN2)CC1. The van der Waals surface area contributed by atoms with Crippen molar-refractivity contribution in [3.63, 3.8) is 0 Å². The van der Waals surface area contributed by atoms with Crippen LogP contribution in [0.2, 0.25) is 0 Å². The lowest BCUT2D eigenvalue weighted by Crippen LogP contribution is -2.47. The normalized spacial score (nSPS) is 32.9. The van der Waals surface area contributed by atoms with Crippen molar-refractivity contribution in [1.29, 1.82) is 0 Å². The molecule has 2 rings (SSSR count). The summed E-state index contributed by atoms with van der Waals surface area (Å²) in [6, 6.07) is 1.86. The van der Waals surface area contributed by atoms with Crippen molar-refractivity contribution in [1.82, 2.24) is 10.6 Å². The van der Waals surface area contributed by atoms with Crippen LogP contribution in [0.15, 0.2) is 0 Å². The van der Waals surface area contributed by atoms with E-state index < -0.39 is 0 Å². The van der Waals surface area contributed by atoms with Gasteiger partial charge >= 0.3 is 0 Å². The van der Waals surface area contributed by atoms with E-state index in [1.165, 1.54) is 38.5 Å². The van der Waals surface area contributed by atoms with E-state index in [1.807, 2.05) is 0 Å². The summed E-state index contributed by atoms with van der Waals surface area (Å²) in [6.07, 6.45) is 7.99. The molecule has 1 aliphatic heterocycles. The van der Waals surface area contributed by atoms with Gasteiger partial charge in [0.2, 0.25) is 0 Å². The molecule has 2 fully saturated rings. The van der Waals surface area contributed by atoms with Gasteiger partial charge in [0.25, 0.3) is 0 Å². The molecule has 3 heteroatoms. The molecule has 0 bridgehead atoms. The van der Waals surface area contributed by atoms with Gasteiger partial charge in [0, 0.05) is 24.7 Å². The number of hydrogen-bond donors (Lipinski definition) is 2. The van der Waals surface area contributed by atoms with Crippen molar-refractivity contribution in [2.75, 3.05) is 19.8 Å². The molecule has 1 saturated carbocycles. The topological polar surface area (TPSA) is 33.3 Å². The Kier molecular flexibility index (Phi) is 6.51. The van der Waals surface area contributed by atoms with Gasteiger partial charge in [-0.1, -0.05) is 27.2 Å². The van der Waals surface area contributed by atoms with E-state index in [4.69, 9.17) is 4.74 Å². The average molecular weight is 296 g/mol. The third-order valence-corrected chi connectivity index (χ3v) is 5.90. The first-order valence-electron chi connectivity index (χ1n) is 9.08.